The molecule has 1 aromatic heterocycles. The van der Waals surface area contributed by atoms with Crippen LogP contribution in [0.5, 0.6) is 0 Å². The van der Waals surface area contributed by atoms with Gasteiger partial charge in [-0.3, -0.25) is 4.79 Å². The summed E-state index contributed by atoms with van der Waals surface area (Å²) < 4.78 is 10.2. The average molecular weight is 239 g/mol. The minimum absolute atomic E-state index is 0.0264. The zero-order valence-corrected chi connectivity index (χ0v) is 10.2. The van der Waals surface area contributed by atoms with E-state index in [0.717, 1.165) is 12.8 Å². The summed E-state index contributed by atoms with van der Waals surface area (Å²) in [7, 11) is 1.77. The summed E-state index contributed by atoms with van der Waals surface area (Å²) in [5, 5.41) is 3.71. The number of carbonyl (C=O) groups is 1. The Morgan fingerprint density at radius 2 is 2.47 bits per heavy atom. The number of carbonyl (C=O) groups excluding carboxylic acids is 1. The van der Waals surface area contributed by atoms with E-state index in [9.17, 15) is 4.79 Å². The predicted octanol–water partition coefficient (Wildman–Crippen LogP) is 0.640. The number of likely N-dealkylation sites (N-methyl/N-ethyl adjacent to an activating group) is 1. The summed E-state index contributed by atoms with van der Waals surface area (Å²) in [5.41, 5.74) is -0.647. The maximum atomic E-state index is 12.2. The molecule has 1 aromatic rings. The van der Waals surface area contributed by atoms with E-state index in [-0.39, 0.29) is 5.91 Å². The van der Waals surface area contributed by atoms with Crippen LogP contribution in [0.4, 0.5) is 0 Å². The zero-order valence-electron chi connectivity index (χ0n) is 10.2. The number of hydrogen-bond donors (Lipinski definition) is 0. The highest BCUT2D eigenvalue weighted by Gasteiger charge is 2.39. The van der Waals surface area contributed by atoms with Gasteiger partial charge in [-0.05, 0) is 19.8 Å². The molecule has 6 heteroatoms. The van der Waals surface area contributed by atoms with Gasteiger partial charge >= 0.3 is 0 Å². The zero-order chi connectivity index (χ0) is 12.3. The fourth-order valence-corrected chi connectivity index (χ4v) is 2.02. The minimum Gasteiger partial charge on any atom is -0.365 e. The van der Waals surface area contributed by atoms with E-state index >= 15 is 0 Å². The number of hydrogen-bond acceptors (Lipinski definition) is 5. The van der Waals surface area contributed by atoms with E-state index in [1.54, 1.807) is 11.9 Å². The maximum Gasteiger partial charge on any atom is 0.254 e. The molecule has 17 heavy (non-hydrogen) atoms. The van der Waals surface area contributed by atoms with Crippen LogP contribution in [0.1, 0.15) is 25.6 Å². The molecule has 0 bridgehead atoms. The van der Waals surface area contributed by atoms with Crippen molar-refractivity contribution in [2.45, 2.75) is 31.8 Å². The second-order valence-electron chi connectivity index (χ2n) is 4.51. The van der Waals surface area contributed by atoms with Gasteiger partial charge in [-0.2, -0.15) is 4.98 Å². The monoisotopic (exact) mass is 239 g/mol. The quantitative estimate of drug-likeness (QED) is 0.771. The Kier molecular flexibility index (Phi) is 3.42. The second kappa shape index (κ2) is 4.83. The molecule has 0 aromatic carbocycles. The first kappa shape index (κ1) is 12.0. The van der Waals surface area contributed by atoms with Crippen molar-refractivity contribution in [1.82, 2.24) is 15.0 Å². The number of aromatic nitrogens is 2. The van der Waals surface area contributed by atoms with Gasteiger partial charge in [0.2, 0.25) is 6.39 Å². The first-order valence-electron chi connectivity index (χ1n) is 5.76. The molecule has 0 N–H and O–H groups in total. The van der Waals surface area contributed by atoms with Crippen molar-refractivity contribution >= 4 is 5.91 Å². The smallest absolute Gasteiger partial charge is 0.254 e. The third-order valence-corrected chi connectivity index (χ3v) is 3.10. The Morgan fingerprint density at radius 3 is 3.06 bits per heavy atom. The van der Waals surface area contributed by atoms with Crippen LogP contribution in [0.2, 0.25) is 0 Å². The summed E-state index contributed by atoms with van der Waals surface area (Å²) >= 11 is 0. The van der Waals surface area contributed by atoms with Crippen LogP contribution in [0.25, 0.3) is 0 Å². The van der Waals surface area contributed by atoms with Crippen LogP contribution in [0.15, 0.2) is 10.9 Å². The molecular formula is C11H17N3O3. The van der Waals surface area contributed by atoms with Crippen molar-refractivity contribution in [2.75, 3.05) is 20.2 Å². The van der Waals surface area contributed by atoms with Crippen LogP contribution >= 0.6 is 0 Å². The number of rotatable bonds is 4. The van der Waals surface area contributed by atoms with Gasteiger partial charge in [0.25, 0.3) is 5.91 Å². The molecule has 2 rings (SSSR count). The van der Waals surface area contributed by atoms with Gasteiger partial charge in [0.15, 0.2) is 5.82 Å². The third-order valence-electron chi connectivity index (χ3n) is 3.10. The molecular weight excluding hydrogens is 222 g/mol. The molecule has 1 amide bonds. The lowest BCUT2D eigenvalue weighted by atomic mass is 10.0. The normalized spacial score (nSPS) is 23.9. The van der Waals surface area contributed by atoms with Crippen molar-refractivity contribution < 1.29 is 14.1 Å². The number of nitrogens with zero attached hydrogens (tertiary/aromatic N) is 3. The van der Waals surface area contributed by atoms with Gasteiger partial charge in [-0.1, -0.05) is 5.16 Å². The van der Waals surface area contributed by atoms with E-state index in [4.69, 9.17) is 4.74 Å². The molecule has 1 aliphatic rings. The lowest BCUT2D eigenvalue weighted by Gasteiger charge is -2.27. The first-order chi connectivity index (χ1) is 8.12. The van der Waals surface area contributed by atoms with E-state index < -0.39 is 5.60 Å². The molecule has 0 unspecified atom stereocenters. The van der Waals surface area contributed by atoms with Crippen molar-refractivity contribution in [1.29, 1.82) is 0 Å². The minimum atomic E-state index is -0.647. The molecule has 94 valence electrons. The molecule has 0 aliphatic carbocycles. The fraction of sp³-hybridized carbons (Fsp3) is 0.727. The van der Waals surface area contributed by atoms with Crippen molar-refractivity contribution in [3.63, 3.8) is 0 Å². The first-order valence-corrected chi connectivity index (χ1v) is 5.76. The largest absolute Gasteiger partial charge is 0.365 e. The predicted molar refractivity (Wildman–Crippen MR) is 59.2 cm³/mol. The van der Waals surface area contributed by atoms with E-state index in [2.05, 4.69) is 14.7 Å². The lowest BCUT2D eigenvalue weighted by Crippen LogP contribution is -2.45. The SMILES string of the molecule is CN(CCc1ncon1)C(=O)[C@]1(C)CCCO1. The molecule has 6 nitrogen and oxygen atoms in total. The number of ether oxygens (including phenoxy) is 1. The second-order valence-corrected chi connectivity index (χ2v) is 4.51. The summed E-state index contributed by atoms with van der Waals surface area (Å²) in [4.78, 5) is 17.7. The number of amides is 1. The summed E-state index contributed by atoms with van der Waals surface area (Å²) in [6.07, 6.45) is 3.62. The summed E-state index contributed by atoms with van der Waals surface area (Å²) in [6, 6.07) is 0. The van der Waals surface area contributed by atoms with Crippen LogP contribution in [0.3, 0.4) is 0 Å². The van der Waals surface area contributed by atoms with Gasteiger partial charge in [-0.15, -0.1) is 0 Å². The van der Waals surface area contributed by atoms with Gasteiger partial charge in [0.05, 0.1) is 0 Å². The molecule has 0 radical (unpaired) electrons. The van der Waals surface area contributed by atoms with Gasteiger partial charge < -0.3 is 14.2 Å². The fourth-order valence-electron chi connectivity index (χ4n) is 2.02. The van der Waals surface area contributed by atoms with Crippen molar-refractivity contribution in [3.8, 4) is 0 Å². The van der Waals surface area contributed by atoms with Gasteiger partial charge in [-0.25, -0.2) is 0 Å². The summed E-state index contributed by atoms with van der Waals surface area (Å²) in [6.45, 7) is 3.09. The molecule has 1 atom stereocenters. The van der Waals surface area contributed by atoms with Gasteiger partial charge in [0.1, 0.15) is 5.60 Å². The Bertz CT molecular complexity index is 371. The van der Waals surface area contributed by atoms with E-state index in [1.165, 1.54) is 6.39 Å². The van der Waals surface area contributed by atoms with Crippen LogP contribution in [-0.2, 0) is 16.0 Å². The topological polar surface area (TPSA) is 68.5 Å². The average Bonchev–Trinajstić information content (AvgIpc) is 2.96. The molecule has 1 aliphatic heterocycles. The van der Waals surface area contributed by atoms with Crippen LogP contribution < -0.4 is 0 Å². The highest BCUT2D eigenvalue weighted by atomic mass is 16.5. The van der Waals surface area contributed by atoms with Crippen molar-refractivity contribution in [2.24, 2.45) is 0 Å². The van der Waals surface area contributed by atoms with Crippen LogP contribution in [0, 0.1) is 0 Å². The Balaban J connectivity index is 1.87. The molecule has 0 saturated carbocycles. The Morgan fingerprint density at radius 1 is 1.65 bits per heavy atom. The third kappa shape index (κ3) is 2.63. The van der Waals surface area contributed by atoms with E-state index in [0.29, 0.717) is 25.4 Å². The lowest BCUT2D eigenvalue weighted by molar-refractivity contribution is -0.149. The molecule has 2 heterocycles. The highest BCUT2D eigenvalue weighted by molar-refractivity contribution is 5.84. The van der Waals surface area contributed by atoms with Crippen molar-refractivity contribution in [3.05, 3.63) is 12.2 Å². The molecule has 0 spiro atoms. The van der Waals surface area contributed by atoms with E-state index in [1.807, 2.05) is 6.92 Å². The standard InChI is InChI=1S/C11H17N3O3/c1-11(5-3-7-16-11)10(15)14(2)6-4-9-12-8-17-13-9/h8H,3-7H2,1-2H3/t11-/m0/s1. The van der Waals surface area contributed by atoms with Crippen LogP contribution in [-0.4, -0.2) is 46.7 Å². The highest BCUT2D eigenvalue weighted by Crippen LogP contribution is 2.26. The molecule has 1 fully saturated rings. The van der Waals surface area contributed by atoms with Gasteiger partial charge in [0, 0.05) is 26.6 Å². The Hall–Kier alpha value is -1.43. The molecule has 1 saturated heterocycles. The maximum absolute atomic E-state index is 12.2. The Labute approximate surface area is 99.9 Å². The summed E-state index contributed by atoms with van der Waals surface area (Å²) in [5.74, 6) is 0.639.